The molecule has 142 valence electrons. The molecule has 0 aromatic heterocycles. The molecule has 0 aromatic carbocycles. The maximum absolute atomic E-state index is 11.7. The van der Waals surface area contributed by atoms with Crippen LogP contribution in [0.5, 0.6) is 0 Å². The Morgan fingerprint density at radius 3 is 1.38 bits per heavy atom. The summed E-state index contributed by atoms with van der Waals surface area (Å²) >= 11 is 0. The Kier molecular flexibility index (Phi) is 8.55. The predicted molar refractivity (Wildman–Crippen MR) is 110 cm³/mol. The number of rotatable bonds is 10. The molecule has 0 bridgehead atoms. The van der Waals surface area contributed by atoms with Gasteiger partial charge in [-0.3, -0.25) is 0 Å². The minimum absolute atomic E-state index is 0.233. The van der Waals surface area contributed by atoms with Crippen molar-refractivity contribution in [2.75, 3.05) is 6.61 Å². The second-order valence-corrected chi connectivity index (χ2v) is 26.0. The van der Waals surface area contributed by atoms with Gasteiger partial charge in [-0.05, 0) is 65.8 Å². The van der Waals surface area contributed by atoms with Crippen molar-refractivity contribution >= 4 is 39.7 Å². The summed E-state index contributed by atoms with van der Waals surface area (Å²) < 4.78 is 24.8. The van der Waals surface area contributed by atoms with Crippen LogP contribution < -0.4 is 0 Å². The van der Waals surface area contributed by atoms with Gasteiger partial charge in [0.2, 0.25) is 0 Å². The third-order valence-corrected chi connectivity index (χ3v) is 14.3. The molecule has 5 nitrogen and oxygen atoms in total. The van der Waals surface area contributed by atoms with Gasteiger partial charge in [0.25, 0.3) is 0 Å². The van der Waals surface area contributed by atoms with Gasteiger partial charge < -0.3 is 17.1 Å². The lowest BCUT2D eigenvalue weighted by atomic mass is 10.4. The molecule has 0 unspecified atom stereocenters. The second-order valence-electron chi connectivity index (χ2n) is 8.99. The molecule has 0 saturated carbocycles. The lowest BCUT2D eigenvalue weighted by Crippen LogP contribution is -2.60. The van der Waals surface area contributed by atoms with E-state index in [1.165, 1.54) is 0 Å². The third-order valence-electron chi connectivity index (χ3n) is 2.37. The summed E-state index contributed by atoms with van der Waals surface area (Å²) in [5, 5.41) is 0. The Hall–Kier alpha value is -0.0425. The molecule has 0 atom stereocenters. The molecule has 9 heteroatoms. The van der Waals surface area contributed by atoms with Crippen LogP contribution in [0.15, 0.2) is 12.2 Å². The van der Waals surface area contributed by atoms with Gasteiger partial charge in [0.15, 0.2) is 25.0 Å². The molecular weight excluding hydrogens is 373 g/mol. The summed E-state index contributed by atoms with van der Waals surface area (Å²) in [6.07, 6.45) is 0. The monoisotopic (exact) mass is 408 g/mol. The molecule has 0 aromatic rings. The first-order valence-corrected chi connectivity index (χ1v) is 20.5. The van der Waals surface area contributed by atoms with Crippen LogP contribution in [0.3, 0.4) is 0 Å². The van der Waals surface area contributed by atoms with E-state index in [1.807, 2.05) is 0 Å². The number of carbonyl (C=O) groups excluding carboxylic acids is 1. The number of ether oxygens (including phenoxy) is 1. The Bertz CT molecular complexity index is 405. The van der Waals surface area contributed by atoms with E-state index in [9.17, 15) is 4.79 Å². The first-order chi connectivity index (χ1) is 10.4. The largest absolute Gasteiger partial charge is 0.473 e. The van der Waals surface area contributed by atoms with E-state index in [0.717, 1.165) is 0 Å². The minimum atomic E-state index is -2.93. The summed E-state index contributed by atoms with van der Waals surface area (Å²) in [4.78, 5) is 11.7. The highest BCUT2D eigenvalue weighted by Crippen LogP contribution is 2.28. The summed E-state index contributed by atoms with van der Waals surface area (Å²) in [6, 6.07) is 0.491. The fourth-order valence-corrected chi connectivity index (χ4v) is 16.4. The molecule has 0 aliphatic rings. The van der Waals surface area contributed by atoms with Gasteiger partial charge in [-0.25, -0.2) is 4.79 Å². The lowest BCUT2D eigenvalue weighted by Gasteiger charge is -2.42. The van der Waals surface area contributed by atoms with Crippen LogP contribution in [0.1, 0.15) is 6.92 Å². The maximum Gasteiger partial charge on any atom is 0.473 e. The van der Waals surface area contributed by atoms with Crippen LogP contribution >= 0.6 is 0 Å². The van der Waals surface area contributed by atoms with Crippen LogP contribution in [0.4, 0.5) is 0 Å². The molecule has 0 aliphatic carbocycles. The highest BCUT2D eigenvalue weighted by molar-refractivity contribution is 6.90. The zero-order valence-corrected chi connectivity index (χ0v) is 21.2. The summed E-state index contributed by atoms with van der Waals surface area (Å²) in [6.45, 7) is 24.7. The third kappa shape index (κ3) is 11.5. The second kappa shape index (κ2) is 8.56. The van der Waals surface area contributed by atoms with Gasteiger partial charge >= 0.3 is 14.8 Å². The molecule has 0 spiro atoms. The van der Waals surface area contributed by atoms with E-state index in [0.29, 0.717) is 11.6 Å². The van der Waals surface area contributed by atoms with Gasteiger partial charge in [-0.2, -0.15) is 0 Å². The van der Waals surface area contributed by atoms with E-state index in [1.54, 1.807) is 6.92 Å². The Morgan fingerprint density at radius 1 is 0.792 bits per heavy atom. The van der Waals surface area contributed by atoms with Gasteiger partial charge in [0, 0.05) is 11.6 Å². The topological polar surface area (TPSA) is 54.0 Å². The number of hydrogen-bond donors (Lipinski definition) is 0. The standard InChI is InChI=1S/C15H36O5Si4/c1-14(2)15(16)17-12-13-24(18-21(3,4)5,19-22(6,7)8)20-23(9,10)11/h1,12-13H2,2-11H3. The molecule has 0 amide bonds. The molecule has 0 N–H and O–H groups in total. The first-order valence-electron chi connectivity index (χ1n) is 8.38. The lowest BCUT2D eigenvalue weighted by molar-refractivity contribution is -0.138. The van der Waals surface area contributed by atoms with Crippen molar-refractivity contribution in [1.29, 1.82) is 0 Å². The molecule has 0 heterocycles. The van der Waals surface area contributed by atoms with Gasteiger partial charge in [0.1, 0.15) is 0 Å². The van der Waals surface area contributed by atoms with Crippen LogP contribution in [-0.4, -0.2) is 46.3 Å². The first kappa shape index (κ1) is 24.0. The van der Waals surface area contributed by atoms with Crippen molar-refractivity contribution in [3.05, 3.63) is 12.2 Å². The van der Waals surface area contributed by atoms with Crippen LogP contribution in [0.2, 0.25) is 65.0 Å². The summed E-state index contributed by atoms with van der Waals surface area (Å²) in [7, 11) is -8.60. The number of hydrogen-bond acceptors (Lipinski definition) is 5. The van der Waals surface area contributed by atoms with Crippen LogP contribution in [0, 0.1) is 0 Å². The summed E-state index contributed by atoms with van der Waals surface area (Å²) in [5.74, 6) is -0.382. The van der Waals surface area contributed by atoms with Crippen molar-refractivity contribution in [2.24, 2.45) is 0 Å². The Labute approximate surface area is 152 Å². The smallest absolute Gasteiger partial charge is 0.462 e. The maximum atomic E-state index is 11.7. The normalized spacial score (nSPS) is 13.8. The molecule has 0 fully saturated rings. The fraction of sp³-hybridized carbons (Fsp3) is 0.800. The van der Waals surface area contributed by atoms with Crippen molar-refractivity contribution in [1.82, 2.24) is 0 Å². The fourth-order valence-electron chi connectivity index (χ4n) is 2.01. The van der Waals surface area contributed by atoms with Crippen LogP contribution in [0.25, 0.3) is 0 Å². The van der Waals surface area contributed by atoms with Crippen molar-refractivity contribution in [2.45, 2.75) is 71.9 Å². The molecule has 0 radical (unpaired) electrons. The zero-order chi connectivity index (χ0) is 19.4. The highest BCUT2D eigenvalue weighted by atomic mass is 28.5. The van der Waals surface area contributed by atoms with Gasteiger partial charge in [0.05, 0.1) is 6.61 Å². The van der Waals surface area contributed by atoms with E-state index in [-0.39, 0.29) is 12.6 Å². The molecule has 24 heavy (non-hydrogen) atoms. The van der Waals surface area contributed by atoms with E-state index in [2.05, 4.69) is 65.5 Å². The van der Waals surface area contributed by atoms with Crippen molar-refractivity contribution in [3.63, 3.8) is 0 Å². The van der Waals surface area contributed by atoms with Gasteiger partial charge in [-0.15, -0.1) is 0 Å². The SMILES string of the molecule is C=C(C)C(=O)OCC[Si](O[Si](C)(C)C)(O[Si](C)(C)C)O[Si](C)(C)C. The van der Waals surface area contributed by atoms with Crippen LogP contribution in [-0.2, 0) is 21.9 Å². The quantitative estimate of drug-likeness (QED) is 0.300. The molecule has 0 rings (SSSR count). The average Bonchev–Trinajstić information content (AvgIpc) is 2.20. The molecule has 0 aliphatic heterocycles. The molecule has 0 saturated heterocycles. The van der Waals surface area contributed by atoms with Crippen molar-refractivity contribution < 1.29 is 21.9 Å². The van der Waals surface area contributed by atoms with E-state index in [4.69, 9.17) is 17.1 Å². The number of esters is 1. The van der Waals surface area contributed by atoms with E-state index >= 15 is 0 Å². The van der Waals surface area contributed by atoms with Crippen molar-refractivity contribution in [3.8, 4) is 0 Å². The number of carbonyl (C=O) groups is 1. The predicted octanol–water partition coefficient (Wildman–Crippen LogP) is 4.60. The highest BCUT2D eigenvalue weighted by Gasteiger charge is 2.50. The van der Waals surface area contributed by atoms with Gasteiger partial charge in [-0.1, -0.05) is 6.58 Å². The Balaban J connectivity index is 5.46. The molecular formula is C15H36O5Si4. The Morgan fingerprint density at radius 2 is 1.12 bits per heavy atom. The summed E-state index contributed by atoms with van der Waals surface area (Å²) in [5.41, 5.74) is 0.394. The minimum Gasteiger partial charge on any atom is -0.462 e. The average molecular weight is 409 g/mol. The zero-order valence-electron chi connectivity index (χ0n) is 17.2. The van der Waals surface area contributed by atoms with E-state index < -0.39 is 33.8 Å².